The van der Waals surface area contributed by atoms with Crippen LogP contribution in [0.15, 0.2) is 89.8 Å². The van der Waals surface area contributed by atoms with Crippen molar-refractivity contribution in [3.8, 4) is 16.9 Å². The third-order valence-electron chi connectivity index (χ3n) is 6.00. The summed E-state index contributed by atoms with van der Waals surface area (Å²) in [7, 11) is -2.47. The Hall–Kier alpha value is -4.17. The van der Waals surface area contributed by atoms with Crippen molar-refractivity contribution >= 4 is 37.5 Å². The van der Waals surface area contributed by atoms with Crippen LogP contribution in [-0.2, 0) is 10.0 Å². The van der Waals surface area contributed by atoms with Gasteiger partial charge in [-0.05, 0) is 48.4 Å². The fraction of sp³-hybridized carbons (Fsp3) is 0.0769. The first-order valence-electron chi connectivity index (χ1n) is 10.5. The van der Waals surface area contributed by atoms with E-state index in [9.17, 15) is 18.5 Å². The van der Waals surface area contributed by atoms with E-state index in [-0.39, 0.29) is 10.6 Å². The minimum Gasteiger partial charge on any atom is -0.496 e. The Bertz CT molecular complexity index is 1690. The van der Waals surface area contributed by atoms with Gasteiger partial charge >= 0.3 is 0 Å². The molecule has 170 valence electrons. The first-order chi connectivity index (χ1) is 16.4. The van der Waals surface area contributed by atoms with Crippen LogP contribution in [0, 0.1) is 17.0 Å². The van der Waals surface area contributed by atoms with Gasteiger partial charge in [0.05, 0.1) is 38.9 Å². The molecule has 0 aliphatic carbocycles. The number of benzene rings is 4. The number of ether oxygens (including phenoxy) is 1. The monoisotopic (exact) mass is 472 g/mol. The van der Waals surface area contributed by atoms with Gasteiger partial charge in [0, 0.05) is 11.5 Å². The number of nitro benzene ring substituents is 1. The van der Waals surface area contributed by atoms with Crippen LogP contribution in [0.4, 0.5) is 5.69 Å². The van der Waals surface area contributed by atoms with Gasteiger partial charge in [0.1, 0.15) is 5.75 Å². The summed E-state index contributed by atoms with van der Waals surface area (Å²) < 4.78 is 34.8. The number of hydrogen-bond donors (Lipinski definition) is 0. The zero-order chi connectivity index (χ0) is 24.0. The van der Waals surface area contributed by atoms with Crippen molar-refractivity contribution in [3.05, 3.63) is 101 Å². The lowest BCUT2D eigenvalue weighted by molar-refractivity contribution is -0.384. The second-order valence-electron chi connectivity index (χ2n) is 7.85. The molecule has 0 fully saturated rings. The van der Waals surface area contributed by atoms with E-state index in [1.54, 1.807) is 66.7 Å². The molecule has 0 saturated carbocycles. The summed E-state index contributed by atoms with van der Waals surface area (Å²) >= 11 is 0. The molecular formula is C26H20N2O5S. The summed E-state index contributed by atoms with van der Waals surface area (Å²) in [6.07, 6.45) is 0. The standard InChI is InChI=1S/C26H20N2O5S/c1-17-21(19-12-6-9-15-23(19)28(29)30)16-24-25(26(17)33-2)20-13-7-8-14-22(20)27(24)34(31,32)18-10-4-3-5-11-18/h3-16H,1-2H3. The molecule has 0 amide bonds. The molecule has 1 aromatic heterocycles. The van der Waals surface area contributed by atoms with Gasteiger partial charge in [-0.2, -0.15) is 0 Å². The van der Waals surface area contributed by atoms with Gasteiger partial charge < -0.3 is 4.74 Å². The van der Waals surface area contributed by atoms with Gasteiger partial charge in [-0.25, -0.2) is 12.4 Å². The number of methoxy groups -OCH3 is 1. The third kappa shape index (κ3) is 3.14. The molecule has 34 heavy (non-hydrogen) atoms. The molecule has 0 atom stereocenters. The molecule has 0 unspecified atom stereocenters. The van der Waals surface area contributed by atoms with Crippen molar-refractivity contribution < 1.29 is 18.1 Å². The predicted molar refractivity (Wildman–Crippen MR) is 132 cm³/mol. The zero-order valence-electron chi connectivity index (χ0n) is 18.4. The molecular weight excluding hydrogens is 452 g/mol. The number of hydrogen-bond acceptors (Lipinski definition) is 5. The van der Waals surface area contributed by atoms with E-state index in [1.807, 2.05) is 19.1 Å². The fourth-order valence-corrected chi connectivity index (χ4v) is 6.04. The average molecular weight is 473 g/mol. The van der Waals surface area contributed by atoms with Gasteiger partial charge in [0.2, 0.25) is 0 Å². The smallest absolute Gasteiger partial charge is 0.277 e. The van der Waals surface area contributed by atoms with Gasteiger partial charge in [0.25, 0.3) is 15.7 Å². The number of fused-ring (bicyclic) bond motifs is 3. The molecule has 1 heterocycles. The van der Waals surface area contributed by atoms with Crippen LogP contribution >= 0.6 is 0 Å². The summed E-state index contributed by atoms with van der Waals surface area (Å²) in [5.74, 6) is 0.476. The van der Waals surface area contributed by atoms with Crippen LogP contribution < -0.4 is 4.74 Å². The van der Waals surface area contributed by atoms with E-state index >= 15 is 0 Å². The summed E-state index contributed by atoms with van der Waals surface area (Å²) in [6, 6.07) is 23.5. The van der Waals surface area contributed by atoms with Crippen molar-refractivity contribution in [1.29, 1.82) is 0 Å². The Morgan fingerprint density at radius 2 is 1.50 bits per heavy atom. The maximum absolute atomic E-state index is 13.8. The topological polar surface area (TPSA) is 91.4 Å². The van der Waals surface area contributed by atoms with Gasteiger partial charge in [-0.1, -0.05) is 48.5 Å². The lowest BCUT2D eigenvalue weighted by Crippen LogP contribution is -2.12. The normalized spacial score (nSPS) is 11.7. The number of nitro groups is 1. The summed E-state index contributed by atoms with van der Waals surface area (Å²) in [5, 5.41) is 13.1. The van der Waals surface area contributed by atoms with Gasteiger partial charge in [-0.3, -0.25) is 10.1 Å². The molecule has 4 aromatic carbocycles. The number of para-hydroxylation sites is 2. The Morgan fingerprint density at radius 3 is 2.21 bits per heavy atom. The molecule has 8 heteroatoms. The largest absolute Gasteiger partial charge is 0.496 e. The van der Waals surface area contributed by atoms with Gasteiger partial charge in [-0.15, -0.1) is 0 Å². The highest BCUT2D eigenvalue weighted by molar-refractivity contribution is 7.90. The summed E-state index contributed by atoms with van der Waals surface area (Å²) in [5.41, 5.74) is 2.42. The minimum atomic E-state index is -3.98. The second kappa shape index (κ2) is 8.00. The van der Waals surface area contributed by atoms with E-state index < -0.39 is 14.9 Å². The van der Waals surface area contributed by atoms with Crippen LogP contribution in [0.5, 0.6) is 5.75 Å². The number of aromatic nitrogens is 1. The predicted octanol–water partition coefficient (Wildman–Crippen LogP) is 5.92. The lowest BCUT2D eigenvalue weighted by Gasteiger charge is -2.15. The first-order valence-corrected chi connectivity index (χ1v) is 12.0. The van der Waals surface area contributed by atoms with Crippen molar-refractivity contribution in [2.75, 3.05) is 7.11 Å². The van der Waals surface area contributed by atoms with Gasteiger partial charge in [0.15, 0.2) is 0 Å². The quantitative estimate of drug-likeness (QED) is 0.234. The van der Waals surface area contributed by atoms with Crippen molar-refractivity contribution in [2.45, 2.75) is 11.8 Å². The molecule has 0 radical (unpaired) electrons. The highest BCUT2D eigenvalue weighted by atomic mass is 32.2. The molecule has 0 aliphatic rings. The Kier molecular flexibility index (Phi) is 5.10. The first kappa shape index (κ1) is 21.7. The van der Waals surface area contributed by atoms with E-state index in [2.05, 4.69) is 0 Å². The lowest BCUT2D eigenvalue weighted by atomic mass is 9.95. The van der Waals surface area contributed by atoms with Crippen LogP contribution in [-0.4, -0.2) is 24.4 Å². The molecule has 0 bridgehead atoms. The minimum absolute atomic E-state index is 0.0689. The van der Waals surface area contributed by atoms with Crippen LogP contribution in [0.3, 0.4) is 0 Å². The molecule has 5 rings (SSSR count). The third-order valence-corrected chi connectivity index (χ3v) is 7.74. The highest BCUT2D eigenvalue weighted by Gasteiger charge is 2.28. The van der Waals surface area contributed by atoms with E-state index in [4.69, 9.17) is 4.74 Å². The number of rotatable bonds is 5. The Balaban J connectivity index is 1.98. The second-order valence-corrected chi connectivity index (χ2v) is 9.64. The Labute approximate surface area is 196 Å². The molecule has 0 spiro atoms. The van der Waals surface area contributed by atoms with Crippen molar-refractivity contribution in [3.63, 3.8) is 0 Å². The maximum Gasteiger partial charge on any atom is 0.277 e. The van der Waals surface area contributed by atoms with Crippen LogP contribution in [0.2, 0.25) is 0 Å². The fourth-order valence-electron chi connectivity index (χ4n) is 4.51. The van der Waals surface area contributed by atoms with Crippen LogP contribution in [0.25, 0.3) is 32.9 Å². The molecule has 0 aliphatic heterocycles. The number of nitrogens with zero attached hydrogens (tertiary/aromatic N) is 2. The average Bonchev–Trinajstić information content (AvgIpc) is 3.19. The molecule has 7 nitrogen and oxygen atoms in total. The Morgan fingerprint density at radius 1 is 0.853 bits per heavy atom. The SMILES string of the molecule is COc1c(C)c(-c2ccccc2[N+](=O)[O-])cc2c1c1ccccc1n2S(=O)(=O)c1ccccc1. The van der Waals surface area contributed by atoms with Crippen molar-refractivity contribution in [2.24, 2.45) is 0 Å². The molecule has 0 saturated heterocycles. The molecule has 0 N–H and O–H groups in total. The van der Waals surface area contributed by atoms with Crippen molar-refractivity contribution in [1.82, 2.24) is 3.97 Å². The summed E-state index contributed by atoms with van der Waals surface area (Å²) in [6.45, 7) is 1.82. The molecule has 5 aromatic rings. The van der Waals surface area contributed by atoms with Crippen LogP contribution in [0.1, 0.15) is 5.56 Å². The summed E-state index contributed by atoms with van der Waals surface area (Å²) in [4.78, 5) is 11.4. The van der Waals surface area contributed by atoms with E-state index in [0.29, 0.717) is 44.2 Å². The zero-order valence-corrected chi connectivity index (χ0v) is 19.2. The highest BCUT2D eigenvalue weighted by Crippen LogP contribution is 2.45. The van der Waals surface area contributed by atoms with E-state index in [0.717, 1.165) is 0 Å². The van der Waals surface area contributed by atoms with E-state index in [1.165, 1.54) is 17.1 Å². The maximum atomic E-state index is 13.8.